The number of carbonyl (C=O) groups excluding carboxylic acids is 3. The van der Waals surface area contributed by atoms with Crippen molar-refractivity contribution >= 4 is 23.6 Å². The van der Waals surface area contributed by atoms with Crippen LogP contribution in [0.15, 0.2) is 36.5 Å². The summed E-state index contributed by atoms with van der Waals surface area (Å²) in [6, 6.07) is 9.17. The molecule has 0 aliphatic carbocycles. The van der Waals surface area contributed by atoms with Gasteiger partial charge in [-0.25, -0.2) is 4.68 Å². The smallest absolute Gasteiger partial charge is 0.310 e. The molecular weight excluding hydrogens is 384 g/mol. The summed E-state index contributed by atoms with van der Waals surface area (Å²) in [4.78, 5) is 40.8. The Hall–Kier alpha value is -3.16. The van der Waals surface area contributed by atoms with Gasteiger partial charge in [0.2, 0.25) is 5.91 Å². The zero-order chi connectivity index (χ0) is 21.1. The lowest BCUT2D eigenvalue weighted by Crippen LogP contribution is -2.42. The van der Waals surface area contributed by atoms with Gasteiger partial charge in [-0.1, -0.05) is 12.1 Å². The van der Waals surface area contributed by atoms with Gasteiger partial charge in [0.25, 0.3) is 5.91 Å². The van der Waals surface area contributed by atoms with Crippen molar-refractivity contribution in [2.45, 2.75) is 39.3 Å². The summed E-state index contributed by atoms with van der Waals surface area (Å²) in [5.74, 6) is 0.307. The third kappa shape index (κ3) is 4.08. The highest BCUT2D eigenvalue weighted by Crippen LogP contribution is 2.24. The molecule has 0 spiro atoms. The monoisotopic (exact) mass is 410 g/mol. The van der Waals surface area contributed by atoms with E-state index in [1.807, 2.05) is 22.9 Å². The molecule has 8 heteroatoms. The van der Waals surface area contributed by atoms with E-state index in [2.05, 4.69) is 5.10 Å². The van der Waals surface area contributed by atoms with E-state index < -0.39 is 0 Å². The molecule has 0 N–H and O–H groups in total. The molecule has 1 atom stereocenters. The molecule has 0 bridgehead atoms. The SMILES string of the molecule is CCOC(=O)[C@H]1CCCN(C(=O)c2ccc(CN3C(=O)CCn4nccc43)cc2)C1. The number of rotatable bonds is 5. The number of piperidine rings is 1. The molecule has 4 rings (SSSR count). The van der Waals surface area contributed by atoms with E-state index in [1.165, 1.54) is 0 Å². The number of hydrogen-bond donors (Lipinski definition) is 0. The van der Waals surface area contributed by atoms with Gasteiger partial charge in [-0.15, -0.1) is 0 Å². The Morgan fingerprint density at radius 1 is 1.17 bits per heavy atom. The summed E-state index contributed by atoms with van der Waals surface area (Å²) < 4.78 is 6.94. The first-order chi connectivity index (χ1) is 14.6. The second-order valence-electron chi connectivity index (χ2n) is 7.68. The van der Waals surface area contributed by atoms with Crippen LogP contribution in [-0.4, -0.2) is 52.2 Å². The van der Waals surface area contributed by atoms with E-state index in [0.29, 0.717) is 44.8 Å². The van der Waals surface area contributed by atoms with Crippen molar-refractivity contribution in [3.63, 3.8) is 0 Å². The van der Waals surface area contributed by atoms with Gasteiger partial charge in [-0.2, -0.15) is 5.10 Å². The lowest BCUT2D eigenvalue weighted by molar-refractivity contribution is -0.149. The molecule has 1 fully saturated rings. The van der Waals surface area contributed by atoms with Crippen LogP contribution in [0, 0.1) is 5.92 Å². The summed E-state index contributed by atoms with van der Waals surface area (Å²) in [7, 11) is 0. The molecule has 0 saturated carbocycles. The number of anilines is 1. The molecule has 1 aromatic heterocycles. The van der Waals surface area contributed by atoms with Crippen molar-refractivity contribution < 1.29 is 19.1 Å². The maximum Gasteiger partial charge on any atom is 0.310 e. The number of nitrogens with zero attached hydrogens (tertiary/aromatic N) is 4. The zero-order valence-electron chi connectivity index (χ0n) is 17.1. The summed E-state index contributed by atoms with van der Waals surface area (Å²) in [5, 5.41) is 4.24. The number of likely N-dealkylation sites (tertiary alicyclic amines) is 1. The van der Waals surface area contributed by atoms with E-state index in [-0.39, 0.29) is 23.7 Å². The van der Waals surface area contributed by atoms with Crippen LogP contribution in [0.4, 0.5) is 5.82 Å². The highest BCUT2D eigenvalue weighted by atomic mass is 16.5. The highest BCUT2D eigenvalue weighted by Gasteiger charge is 2.30. The van der Waals surface area contributed by atoms with Crippen LogP contribution in [0.3, 0.4) is 0 Å². The first kappa shape index (κ1) is 20.1. The molecule has 2 aliphatic rings. The van der Waals surface area contributed by atoms with Crippen molar-refractivity contribution in [1.82, 2.24) is 14.7 Å². The lowest BCUT2D eigenvalue weighted by atomic mass is 9.97. The van der Waals surface area contributed by atoms with Crippen molar-refractivity contribution in [3.05, 3.63) is 47.7 Å². The van der Waals surface area contributed by atoms with Gasteiger partial charge in [0.05, 0.1) is 31.8 Å². The fraction of sp³-hybridized carbons (Fsp3) is 0.455. The fourth-order valence-electron chi connectivity index (χ4n) is 4.09. The molecule has 0 radical (unpaired) electrons. The molecule has 1 aromatic carbocycles. The third-order valence-corrected chi connectivity index (χ3v) is 5.68. The van der Waals surface area contributed by atoms with Crippen LogP contribution in [0.5, 0.6) is 0 Å². The van der Waals surface area contributed by atoms with Crippen LogP contribution in [0.25, 0.3) is 0 Å². The average Bonchev–Trinajstić information content (AvgIpc) is 3.25. The second-order valence-corrected chi connectivity index (χ2v) is 7.68. The molecule has 2 aliphatic heterocycles. The van der Waals surface area contributed by atoms with Crippen LogP contribution < -0.4 is 4.90 Å². The van der Waals surface area contributed by atoms with E-state index in [0.717, 1.165) is 24.2 Å². The number of esters is 1. The van der Waals surface area contributed by atoms with Crippen LogP contribution in [0.2, 0.25) is 0 Å². The predicted octanol–water partition coefficient (Wildman–Crippen LogP) is 2.24. The molecule has 0 unspecified atom stereocenters. The largest absolute Gasteiger partial charge is 0.466 e. The quantitative estimate of drug-likeness (QED) is 0.706. The number of fused-ring (bicyclic) bond motifs is 1. The maximum absolute atomic E-state index is 12.9. The fourth-order valence-corrected chi connectivity index (χ4v) is 4.09. The Labute approximate surface area is 175 Å². The van der Waals surface area contributed by atoms with E-state index in [9.17, 15) is 14.4 Å². The minimum Gasteiger partial charge on any atom is -0.466 e. The van der Waals surface area contributed by atoms with Crippen molar-refractivity contribution in [2.24, 2.45) is 5.92 Å². The lowest BCUT2D eigenvalue weighted by Gasteiger charge is -2.31. The van der Waals surface area contributed by atoms with Gasteiger partial charge < -0.3 is 9.64 Å². The van der Waals surface area contributed by atoms with Gasteiger partial charge in [-0.05, 0) is 37.5 Å². The molecule has 158 valence electrons. The Morgan fingerprint density at radius 2 is 1.97 bits per heavy atom. The van der Waals surface area contributed by atoms with Gasteiger partial charge in [0.1, 0.15) is 5.82 Å². The Balaban J connectivity index is 1.42. The first-order valence-corrected chi connectivity index (χ1v) is 10.4. The topological polar surface area (TPSA) is 84.7 Å². The summed E-state index contributed by atoms with van der Waals surface area (Å²) in [6.07, 6.45) is 3.67. The number of hydrogen-bond acceptors (Lipinski definition) is 5. The van der Waals surface area contributed by atoms with Gasteiger partial charge in [0, 0.05) is 31.1 Å². The molecule has 1 saturated heterocycles. The van der Waals surface area contributed by atoms with E-state index in [4.69, 9.17) is 4.74 Å². The molecule has 3 heterocycles. The van der Waals surface area contributed by atoms with Gasteiger partial charge in [-0.3, -0.25) is 19.3 Å². The van der Waals surface area contributed by atoms with Gasteiger partial charge >= 0.3 is 5.97 Å². The number of aryl methyl sites for hydroxylation is 1. The van der Waals surface area contributed by atoms with E-state index in [1.54, 1.807) is 35.1 Å². The van der Waals surface area contributed by atoms with Crippen molar-refractivity contribution in [1.29, 1.82) is 0 Å². The average molecular weight is 410 g/mol. The first-order valence-electron chi connectivity index (χ1n) is 10.4. The number of benzene rings is 1. The minimum absolute atomic E-state index is 0.0708. The minimum atomic E-state index is -0.253. The normalized spacial score (nSPS) is 18.8. The summed E-state index contributed by atoms with van der Waals surface area (Å²) in [6.45, 7) is 4.22. The Kier molecular flexibility index (Phi) is 5.83. The molecule has 2 aromatic rings. The highest BCUT2D eigenvalue weighted by molar-refractivity contribution is 5.95. The third-order valence-electron chi connectivity index (χ3n) is 5.68. The molecule has 30 heavy (non-hydrogen) atoms. The number of carbonyl (C=O) groups is 3. The Bertz CT molecular complexity index is 937. The standard InChI is InChI=1S/C22H26N4O4/c1-2-30-22(29)18-4-3-12-24(15-18)21(28)17-7-5-16(6-8-17)14-25-19-9-11-23-26(19)13-10-20(25)27/h5-9,11,18H,2-4,10,12-15H2,1H3/t18-/m0/s1. The summed E-state index contributed by atoms with van der Waals surface area (Å²) in [5.41, 5.74) is 1.52. The number of amides is 2. The number of aromatic nitrogens is 2. The zero-order valence-corrected chi connectivity index (χ0v) is 17.1. The van der Waals surface area contributed by atoms with Crippen LogP contribution >= 0.6 is 0 Å². The molecular formula is C22H26N4O4. The van der Waals surface area contributed by atoms with Gasteiger partial charge in [0.15, 0.2) is 0 Å². The van der Waals surface area contributed by atoms with Crippen LogP contribution in [0.1, 0.15) is 42.1 Å². The van der Waals surface area contributed by atoms with Crippen LogP contribution in [-0.2, 0) is 27.4 Å². The van der Waals surface area contributed by atoms with E-state index >= 15 is 0 Å². The van der Waals surface area contributed by atoms with Crippen molar-refractivity contribution in [3.8, 4) is 0 Å². The molecule has 2 amide bonds. The maximum atomic E-state index is 12.9. The summed E-state index contributed by atoms with van der Waals surface area (Å²) >= 11 is 0. The number of ether oxygens (including phenoxy) is 1. The van der Waals surface area contributed by atoms with Crippen molar-refractivity contribution in [2.75, 3.05) is 24.6 Å². The second kappa shape index (κ2) is 8.69. The predicted molar refractivity (Wildman–Crippen MR) is 110 cm³/mol. The Morgan fingerprint density at radius 3 is 2.73 bits per heavy atom. The molecule has 8 nitrogen and oxygen atoms in total.